The maximum Gasteiger partial charge on any atom is 0.230 e. The number of piperazine rings is 1. The summed E-state index contributed by atoms with van der Waals surface area (Å²) < 4.78 is 0. The lowest BCUT2D eigenvalue weighted by molar-refractivity contribution is -1.01. The highest BCUT2D eigenvalue weighted by molar-refractivity contribution is 5.94. The summed E-state index contributed by atoms with van der Waals surface area (Å²) in [4.78, 5) is 26.0. The third kappa shape index (κ3) is 4.77. The first-order valence-electron chi connectivity index (χ1n) is 8.10. The van der Waals surface area contributed by atoms with Crippen molar-refractivity contribution >= 4 is 17.6 Å². The highest BCUT2D eigenvalue weighted by Gasteiger charge is 2.30. The topological polar surface area (TPSA) is 78.1 Å². The molecule has 1 aliphatic rings. The minimum atomic E-state index is -1.14. The van der Waals surface area contributed by atoms with Gasteiger partial charge in [-0.05, 0) is 25.5 Å². The molecule has 1 aromatic carbocycles. The summed E-state index contributed by atoms with van der Waals surface area (Å²) in [5.41, 5.74) is 2.83. The zero-order valence-electron chi connectivity index (χ0n) is 14.1. The predicted molar refractivity (Wildman–Crippen MR) is 85.3 cm³/mol. The van der Waals surface area contributed by atoms with Crippen molar-refractivity contribution in [2.75, 3.05) is 38.5 Å². The zero-order chi connectivity index (χ0) is 17.0. The lowest BCUT2D eigenvalue weighted by Crippen LogP contribution is -3.29. The second-order valence-electron chi connectivity index (χ2n) is 6.56. The predicted octanol–water partition coefficient (Wildman–Crippen LogP) is -2.84. The molecule has 1 aromatic rings. The Bertz CT molecular complexity index is 580. The number of anilines is 1. The number of carboxylic acid groups (broad SMARTS) is 1. The van der Waals surface area contributed by atoms with E-state index in [1.165, 1.54) is 4.90 Å². The van der Waals surface area contributed by atoms with E-state index in [0.29, 0.717) is 0 Å². The Morgan fingerprint density at radius 1 is 1.22 bits per heavy atom. The van der Waals surface area contributed by atoms with E-state index in [1.807, 2.05) is 32.0 Å². The number of rotatable bonds is 5. The molecule has 0 aliphatic carbocycles. The van der Waals surface area contributed by atoms with Gasteiger partial charge >= 0.3 is 0 Å². The maximum absolute atomic E-state index is 12.3. The molecule has 1 aliphatic heterocycles. The van der Waals surface area contributed by atoms with Crippen LogP contribution in [0.5, 0.6) is 0 Å². The molecule has 1 heterocycles. The average molecular weight is 320 g/mol. The molecule has 2 rings (SSSR count). The van der Waals surface area contributed by atoms with Crippen molar-refractivity contribution in [3.8, 4) is 0 Å². The van der Waals surface area contributed by atoms with E-state index in [0.717, 1.165) is 47.9 Å². The Hall–Kier alpha value is -1.92. The number of amides is 1. The molecule has 0 saturated carbocycles. The molecule has 1 saturated heterocycles. The number of nitrogens with one attached hydrogen (secondary N) is 3. The SMILES string of the molecule is Cc1ccc(NC(=O)C[C@@H](C(=O)[O-])[NH+]2CC[NH+](C)CC2)c(C)c1. The fraction of sp³-hybridized carbons (Fsp3) is 0.529. The molecule has 0 aromatic heterocycles. The third-order valence-electron chi connectivity index (χ3n) is 4.57. The summed E-state index contributed by atoms with van der Waals surface area (Å²) in [7, 11) is 2.09. The molecule has 6 heteroatoms. The number of likely N-dealkylation sites (N-methyl/N-ethyl adjacent to an activating group) is 1. The highest BCUT2D eigenvalue weighted by atomic mass is 16.4. The average Bonchev–Trinajstić information content (AvgIpc) is 2.48. The first-order valence-corrected chi connectivity index (χ1v) is 8.10. The summed E-state index contributed by atoms with van der Waals surface area (Å²) in [6.45, 7) is 7.25. The number of carbonyl (C=O) groups is 2. The second-order valence-corrected chi connectivity index (χ2v) is 6.56. The molecule has 0 unspecified atom stereocenters. The van der Waals surface area contributed by atoms with Crippen LogP contribution < -0.4 is 20.2 Å². The summed E-state index contributed by atoms with van der Waals surface area (Å²) in [6.07, 6.45) is -0.0516. The Kier molecular flexibility index (Phi) is 5.74. The van der Waals surface area contributed by atoms with Crippen molar-refractivity contribution in [1.29, 1.82) is 0 Å². The Morgan fingerprint density at radius 2 is 1.87 bits per heavy atom. The largest absolute Gasteiger partial charge is 0.544 e. The summed E-state index contributed by atoms with van der Waals surface area (Å²) >= 11 is 0. The molecule has 0 spiro atoms. The van der Waals surface area contributed by atoms with Crippen LogP contribution in [0.25, 0.3) is 0 Å². The number of carbonyl (C=O) groups excluding carboxylic acids is 2. The Morgan fingerprint density at radius 3 is 2.43 bits per heavy atom. The van der Waals surface area contributed by atoms with Crippen LogP contribution in [0.3, 0.4) is 0 Å². The summed E-state index contributed by atoms with van der Waals surface area (Å²) in [6, 6.07) is 4.98. The standard InChI is InChI=1S/C17H25N3O3/c1-12-4-5-14(13(2)10-12)18-16(21)11-15(17(22)23)20-8-6-19(3)7-9-20/h4-5,10,15H,6-9,11H2,1-3H3,(H,18,21)(H,22,23)/p+1/t15-/m0/s1. The van der Waals surface area contributed by atoms with E-state index in [4.69, 9.17) is 0 Å². The van der Waals surface area contributed by atoms with Gasteiger partial charge in [-0.2, -0.15) is 0 Å². The van der Waals surface area contributed by atoms with Crippen LogP contribution in [0, 0.1) is 13.8 Å². The van der Waals surface area contributed by atoms with Crippen molar-refractivity contribution in [3.63, 3.8) is 0 Å². The number of aryl methyl sites for hydroxylation is 2. The number of carboxylic acids is 1. The molecule has 126 valence electrons. The molecule has 3 N–H and O–H groups in total. The molecule has 6 nitrogen and oxygen atoms in total. The first-order chi connectivity index (χ1) is 10.9. The number of hydrogen-bond donors (Lipinski definition) is 3. The van der Waals surface area contributed by atoms with Crippen LogP contribution in [-0.2, 0) is 9.59 Å². The van der Waals surface area contributed by atoms with Gasteiger partial charge in [-0.1, -0.05) is 17.7 Å². The van der Waals surface area contributed by atoms with Gasteiger partial charge in [0.05, 0.1) is 19.4 Å². The maximum atomic E-state index is 12.3. The molecular formula is C17H26N3O3+. The van der Waals surface area contributed by atoms with Gasteiger partial charge in [0.1, 0.15) is 32.2 Å². The van der Waals surface area contributed by atoms with E-state index in [-0.39, 0.29) is 12.3 Å². The van der Waals surface area contributed by atoms with Crippen molar-refractivity contribution in [3.05, 3.63) is 29.3 Å². The lowest BCUT2D eigenvalue weighted by Gasteiger charge is -2.33. The van der Waals surface area contributed by atoms with Gasteiger partial charge in [-0.25, -0.2) is 0 Å². The minimum absolute atomic E-state index is 0.0516. The minimum Gasteiger partial charge on any atom is -0.544 e. The van der Waals surface area contributed by atoms with Gasteiger partial charge in [-0.3, -0.25) is 4.79 Å². The normalized spacial score (nSPS) is 22.4. The Labute approximate surface area is 137 Å². The summed E-state index contributed by atoms with van der Waals surface area (Å²) in [5, 5.41) is 14.3. The number of quaternary nitrogens is 2. The molecule has 23 heavy (non-hydrogen) atoms. The van der Waals surface area contributed by atoms with Crippen LogP contribution in [0.15, 0.2) is 18.2 Å². The number of aliphatic carboxylic acids is 1. The molecule has 1 amide bonds. The number of hydrogen-bond acceptors (Lipinski definition) is 3. The van der Waals surface area contributed by atoms with Crippen molar-refractivity contribution in [2.24, 2.45) is 0 Å². The van der Waals surface area contributed by atoms with Gasteiger partial charge in [0.2, 0.25) is 5.91 Å². The van der Waals surface area contributed by atoms with Gasteiger partial charge in [0, 0.05) is 5.69 Å². The van der Waals surface area contributed by atoms with Crippen molar-refractivity contribution in [1.82, 2.24) is 0 Å². The van der Waals surface area contributed by atoms with E-state index >= 15 is 0 Å². The van der Waals surface area contributed by atoms with Gasteiger partial charge in [-0.15, -0.1) is 0 Å². The van der Waals surface area contributed by atoms with Crippen LogP contribution >= 0.6 is 0 Å². The molecule has 1 fully saturated rings. The monoisotopic (exact) mass is 320 g/mol. The van der Waals surface area contributed by atoms with E-state index in [1.54, 1.807) is 0 Å². The van der Waals surface area contributed by atoms with Crippen LogP contribution in [0.2, 0.25) is 0 Å². The highest BCUT2D eigenvalue weighted by Crippen LogP contribution is 2.16. The van der Waals surface area contributed by atoms with Crippen molar-refractivity contribution in [2.45, 2.75) is 26.3 Å². The zero-order valence-corrected chi connectivity index (χ0v) is 14.1. The molecular weight excluding hydrogens is 294 g/mol. The summed E-state index contributed by atoms with van der Waals surface area (Å²) in [5.74, 6) is -1.42. The van der Waals surface area contributed by atoms with Gasteiger partial charge < -0.3 is 25.0 Å². The fourth-order valence-corrected chi connectivity index (χ4v) is 3.08. The van der Waals surface area contributed by atoms with E-state index < -0.39 is 12.0 Å². The first kappa shape index (κ1) is 17.4. The second kappa shape index (κ2) is 7.57. The van der Waals surface area contributed by atoms with Crippen LogP contribution in [0.4, 0.5) is 5.69 Å². The van der Waals surface area contributed by atoms with Crippen LogP contribution in [-0.4, -0.2) is 51.1 Å². The third-order valence-corrected chi connectivity index (χ3v) is 4.57. The van der Waals surface area contributed by atoms with Gasteiger partial charge in [0.15, 0.2) is 0 Å². The van der Waals surface area contributed by atoms with E-state index in [9.17, 15) is 14.7 Å². The molecule has 1 atom stereocenters. The smallest absolute Gasteiger partial charge is 0.230 e. The van der Waals surface area contributed by atoms with Crippen molar-refractivity contribution < 1.29 is 24.5 Å². The molecule has 0 radical (unpaired) electrons. The lowest BCUT2D eigenvalue weighted by atomic mass is 10.1. The number of benzene rings is 1. The molecule has 0 bridgehead atoms. The van der Waals surface area contributed by atoms with Crippen LogP contribution in [0.1, 0.15) is 17.5 Å². The quantitative estimate of drug-likeness (QED) is 0.547. The fourth-order valence-electron chi connectivity index (χ4n) is 3.08. The van der Waals surface area contributed by atoms with E-state index in [2.05, 4.69) is 12.4 Å². The van der Waals surface area contributed by atoms with Gasteiger partial charge in [0.25, 0.3) is 0 Å². The Balaban J connectivity index is 1.99.